The lowest BCUT2D eigenvalue weighted by Crippen LogP contribution is -2.53. The van der Waals surface area contributed by atoms with Crippen LogP contribution >= 0.6 is 0 Å². The van der Waals surface area contributed by atoms with Gasteiger partial charge < -0.3 is 14.4 Å². The molecule has 0 saturated carbocycles. The SMILES string of the molecule is O=C(C1CN(Cc2ccc(F)c(F)c2)CCO1)N1CCOCC1. The highest BCUT2D eigenvalue weighted by atomic mass is 19.2. The molecule has 3 rings (SSSR count). The molecule has 2 aliphatic heterocycles. The van der Waals surface area contributed by atoms with Gasteiger partial charge in [-0.25, -0.2) is 8.78 Å². The molecule has 5 nitrogen and oxygen atoms in total. The summed E-state index contributed by atoms with van der Waals surface area (Å²) in [6.07, 6.45) is -0.507. The summed E-state index contributed by atoms with van der Waals surface area (Å²) in [6.45, 7) is 4.30. The van der Waals surface area contributed by atoms with Crippen LogP contribution in [-0.2, 0) is 20.8 Å². The highest BCUT2D eigenvalue weighted by Crippen LogP contribution is 2.15. The number of carbonyl (C=O) groups is 1. The Morgan fingerprint density at radius 1 is 1.13 bits per heavy atom. The van der Waals surface area contributed by atoms with E-state index in [1.54, 1.807) is 11.0 Å². The quantitative estimate of drug-likeness (QED) is 0.832. The fourth-order valence-corrected chi connectivity index (χ4v) is 2.88. The maximum atomic E-state index is 13.3. The van der Waals surface area contributed by atoms with Crippen molar-refractivity contribution in [2.24, 2.45) is 0 Å². The van der Waals surface area contributed by atoms with E-state index in [9.17, 15) is 13.6 Å². The smallest absolute Gasteiger partial charge is 0.253 e. The number of benzene rings is 1. The summed E-state index contributed by atoms with van der Waals surface area (Å²) < 4.78 is 37.1. The van der Waals surface area contributed by atoms with Gasteiger partial charge in [-0.05, 0) is 17.7 Å². The van der Waals surface area contributed by atoms with Crippen LogP contribution in [0.5, 0.6) is 0 Å². The minimum Gasteiger partial charge on any atom is -0.378 e. The number of nitrogens with zero attached hydrogens (tertiary/aromatic N) is 2. The van der Waals surface area contributed by atoms with Crippen LogP contribution in [0.3, 0.4) is 0 Å². The van der Waals surface area contributed by atoms with Gasteiger partial charge in [-0.15, -0.1) is 0 Å². The van der Waals surface area contributed by atoms with E-state index >= 15 is 0 Å². The highest BCUT2D eigenvalue weighted by Gasteiger charge is 2.31. The largest absolute Gasteiger partial charge is 0.378 e. The van der Waals surface area contributed by atoms with Crippen molar-refractivity contribution in [3.05, 3.63) is 35.4 Å². The van der Waals surface area contributed by atoms with Gasteiger partial charge in [-0.2, -0.15) is 0 Å². The first-order valence-electron chi connectivity index (χ1n) is 7.78. The molecule has 2 fully saturated rings. The average Bonchev–Trinajstić information content (AvgIpc) is 2.58. The number of morpholine rings is 2. The lowest BCUT2D eigenvalue weighted by Gasteiger charge is -2.36. The molecule has 126 valence electrons. The van der Waals surface area contributed by atoms with Crippen molar-refractivity contribution in [3.8, 4) is 0 Å². The molecule has 2 saturated heterocycles. The van der Waals surface area contributed by atoms with Crippen LogP contribution in [0.1, 0.15) is 5.56 Å². The van der Waals surface area contributed by atoms with Crippen molar-refractivity contribution in [1.82, 2.24) is 9.80 Å². The number of amides is 1. The summed E-state index contributed by atoms with van der Waals surface area (Å²) in [7, 11) is 0. The van der Waals surface area contributed by atoms with Gasteiger partial charge in [0.1, 0.15) is 6.10 Å². The molecule has 23 heavy (non-hydrogen) atoms. The summed E-state index contributed by atoms with van der Waals surface area (Å²) in [5, 5.41) is 0. The summed E-state index contributed by atoms with van der Waals surface area (Å²) in [6, 6.07) is 3.89. The fourth-order valence-electron chi connectivity index (χ4n) is 2.88. The molecule has 0 spiro atoms. The fraction of sp³-hybridized carbons (Fsp3) is 0.562. The Bertz CT molecular complexity index is 564. The molecule has 7 heteroatoms. The Kier molecular flexibility index (Phi) is 5.20. The molecule has 1 amide bonds. The Morgan fingerprint density at radius 3 is 2.65 bits per heavy atom. The van der Waals surface area contributed by atoms with Crippen LogP contribution in [0, 0.1) is 11.6 Å². The maximum Gasteiger partial charge on any atom is 0.253 e. The van der Waals surface area contributed by atoms with Gasteiger partial charge in [0, 0.05) is 32.7 Å². The average molecular weight is 326 g/mol. The number of carbonyl (C=O) groups excluding carboxylic acids is 1. The Labute approximate surface area is 133 Å². The maximum absolute atomic E-state index is 13.3. The van der Waals surface area contributed by atoms with Crippen LogP contribution < -0.4 is 0 Å². The number of ether oxygens (including phenoxy) is 2. The molecule has 1 unspecified atom stereocenters. The van der Waals surface area contributed by atoms with Gasteiger partial charge in [0.2, 0.25) is 0 Å². The van der Waals surface area contributed by atoms with Crippen molar-refractivity contribution in [3.63, 3.8) is 0 Å². The monoisotopic (exact) mass is 326 g/mol. The molecule has 1 aromatic rings. The molecule has 2 aliphatic rings. The molecule has 0 radical (unpaired) electrons. The Balaban J connectivity index is 1.59. The van der Waals surface area contributed by atoms with Crippen LogP contribution in [0.15, 0.2) is 18.2 Å². The first kappa shape index (κ1) is 16.3. The van der Waals surface area contributed by atoms with E-state index in [1.165, 1.54) is 6.07 Å². The zero-order valence-corrected chi connectivity index (χ0v) is 12.8. The molecule has 0 N–H and O–H groups in total. The van der Waals surface area contributed by atoms with Gasteiger partial charge in [-0.3, -0.25) is 9.69 Å². The standard InChI is InChI=1S/C16H20F2N2O3/c17-13-2-1-12(9-14(13)18)10-19-3-8-23-15(11-19)16(21)20-4-6-22-7-5-20/h1-2,9,15H,3-8,10-11H2. The lowest BCUT2D eigenvalue weighted by molar-refractivity contribution is -0.153. The number of hydrogen-bond donors (Lipinski definition) is 0. The summed E-state index contributed by atoms with van der Waals surface area (Å²) >= 11 is 0. The Morgan fingerprint density at radius 2 is 1.91 bits per heavy atom. The van der Waals surface area contributed by atoms with Crippen molar-refractivity contribution >= 4 is 5.91 Å². The molecule has 0 aromatic heterocycles. The third-order valence-electron chi connectivity index (χ3n) is 4.14. The second-order valence-electron chi connectivity index (χ2n) is 5.78. The van der Waals surface area contributed by atoms with Crippen molar-refractivity contribution < 1.29 is 23.0 Å². The van der Waals surface area contributed by atoms with Crippen LogP contribution in [0.2, 0.25) is 0 Å². The van der Waals surface area contributed by atoms with E-state index in [-0.39, 0.29) is 5.91 Å². The Hall–Kier alpha value is -1.57. The van der Waals surface area contributed by atoms with Crippen molar-refractivity contribution in [2.75, 3.05) is 46.0 Å². The predicted molar refractivity (Wildman–Crippen MR) is 78.8 cm³/mol. The van der Waals surface area contributed by atoms with E-state index in [4.69, 9.17) is 9.47 Å². The van der Waals surface area contributed by atoms with E-state index in [0.717, 1.165) is 6.07 Å². The van der Waals surface area contributed by atoms with Crippen molar-refractivity contribution in [1.29, 1.82) is 0 Å². The first-order chi connectivity index (χ1) is 11.1. The summed E-state index contributed by atoms with van der Waals surface area (Å²) in [4.78, 5) is 16.2. The third kappa shape index (κ3) is 4.04. The summed E-state index contributed by atoms with van der Waals surface area (Å²) in [5.74, 6) is -1.73. The van der Waals surface area contributed by atoms with E-state index in [2.05, 4.69) is 0 Å². The topological polar surface area (TPSA) is 42.0 Å². The molecular formula is C16H20F2N2O3. The van der Waals surface area contributed by atoms with E-state index in [0.29, 0.717) is 58.1 Å². The second kappa shape index (κ2) is 7.33. The highest BCUT2D eigenvalue weighted by molar-refractivity contribution is 5.81. The number of rotatable bonds is 3. The van der Waals surface area contributed by atoms with Gasteiger partial charge in [0.15, 0.2) is 11.6 Å². The van der Waals surface area contributed by atoms with Crippen LogP contribution in [0.25, 0.3) is 0 Å². The van der Waals surface area contributed by atoms with E-state index < -0.39 is 17.7 Å². The van der Waals surface area contributed by atoms with Gasteiger partial charge >= 0.3 is 0 Å². The third-order valence-corrected chi connectivity index (χ3v) is 4.14. The van der Waals surface area contributed by atoms with E-state index in [1.807, 2.05) is 4.90 Å². The van der Waals surface area contributed by atoms with Gasteiger partial charge in [0.05, 0.1) is 19.8 Å². The molecule has 0 bridgehead atoms. The summed E-state index contributed by atoms with van der Waals surface area (Å²) in [5.41, 5.74) is 0.684. The lowest BCUT2D eigenvalue weighted by atomic mass is 10.1. The molecule has 1 aromatic carbocycles. The van der Waals surface area contributed by atoms with Crippen LogP contribution in [-0.4, -0.2) is 67.8 Å². The minimum atomic E-state index is -0.851. The minimum absolute atomic E-state index is 0.0247. The van der Waals surface area contributed by atoms with Crippen LogP contribution in [0.4, 0.5) is 8.78 Å². The predicted octanol–water partition coefficient (Wildman–Crippen LogP) is 1.02. The second-order valence-corrected chi connectivity index (χ2v) is 5.78. The van der Waals surface area contributed by atoms with Crippen molar-refractivity contribution in [2.45, 2.75) is 12.6 Å². The number of halogens is 2. The molecule has 0 aliphatic carbocycles. The zero-order valence-electron chi connectivity index (χ0n) is 12.8. The zero-order chi connectivity index (χ0) is 16.2. The number of hydrogen-bond acceptors (Lipinski definition) is 4. The molecular weight excluding hydrogens is 306 g/mol. The van der Waals surface area contributed by atoms with Gasteiger partial charge in [-0.1, -0.05) is 6.07 Å². The first-order valence-corrected chi connectivity index (χ1v) is 7.78. The molecule has 1 atom stereocenters. The normalized spacial score (nSPS) is 23.0. The van der Waals surface area contributed by atoms with Gasteiger partial charge in [0.25, 0.3) is 5.91 Å². The molecule has 2 heterocycles.